The highest BCUT2D eigenvalue weighted by Gasteiger charge is 2.21. The highest BCUT2D eigenvalue weighted by atomic mass is 16.5. The molecule has 0 spiro atoms. The van der Waals surface area contributed by atoms with E-state index in [1.54, 1.807) is 38.1 Å². The number of benzene rings is 2. The maximum atomic E-state index is 12.3. The Morgan fingerprint density at radius 2 is 1.68 bits per heavy atom. The lowest BCUT2D eigenvalue weighted by atomic mass is 10.2. The Morgan fingerprint density at radius 3 is 2.36 bits per heavy atom. The molecule has 2 aromatic carbocycles. The summed E-state index contributed by atoms with van der Waals surface area (Å²) < 4.78 is 10.8. The summed E-state index contributed by atoms with van der Waals surface area (Å²) in [5.74, 6) is -0.883. The van der Waals surface area contributed by atoms with Crippen molar-refractivity contribution in [2.45, 2.75) is 39.5 Å². The van der Waals surface area contributed by atoms with Crippen LogP contribution in [0.1, 0.15) is 36.7 Å². The summed E-state index contributed by atoms with van der Waals surface area (Å²) in [7, 11) is 0. The number of ether oxygens (including phenoxy) is 2. The Labute approximate surface area is 164 Å². The average molecular weight is 384 g/mol. The van der Waals surface area contributed by atoms with Gasteiger partial charge in [0.05, 0.1) is 5.56 Å². The van der Waals surface area contributed by atoms with Gasteiger partial charge in [0.1, 0.15) is 12.4 Å². The number of nitrogens with one attached hydrogen (secondary N) is 2. The molecule has 0 bridgehead atoms. The first-order valence-electron chi connectivity index (χ1n) is 8.94. The summed E-state index contributed by atoms with van der Waals surface area (Å²) in [6, 6.07) is 15.4. The summed E-state index contributed by atoms with van der Waals surface area (Å²) in [5, 5.41) is 4.65. The number of urea groups is 1. The van der Waals surface area contributed by atoms with Crippen molar-refractivity contribution in [3.63, 3.8) is 0 Å². The molecule has 0 aliphatic carbocycles. The van der Waals surface area contributed by atoms with Gasteiger partial charge in [-0.15, -0.1) is 0 Å². The third-order valence-electron chi connectivity index (χ3n) is 3.63. The molecule has 2 rings (SSSR count). The van der Waals surface area contributed by atoms with Crippen LogP contribution >= 0.6 is 0 Å². The predicted octanol–water partition coefficient (Wildman–Crippen LogP) is 3.05. The number of hydrogen-bond acceptors (Lipinski definition) is 5. The largest absolute Gasteiger partial charge is 0.489 e. The van der Waals surface area contributed by atoms with Crippen LogP contribution in [0, 0.1) is 0 Å². The molecule has 7 heteroatoms. The van der Waals surface area contributed by atoms with E-state index in [9.17, 15) is 14.4 Å². The molecule has 0 unspecified atom stereocenters. The van der Waals surface area contributed by atoms with Crippen molar-refractivity contribution in [3.8, 4) is 5.75 Å². The molecule has 148 valence electrons. The van der Waals surface area contributed by atoms with E-state index in [0.717, 1.165) is 5.56 Å². The predicted molar refractivity (Wildman–Crippen MR) is 104 cm³/mol. The van der Waals surface area contributed by atoms with Crippen molar-refractivity contribution in [3.05, 3.63) is 65.7 Å². The zero-order valence-electron chi connectivity index (χ0n) is 16.1. The van der Waals surface area contributed by atoms with E-state index in [-0.39, 0.29) is 11.6 Å². The number of carbonyl (C=O) groups is 3. The van der Waals surface area contributed by atoms with Crippen molar-refractivity contribution < 1.29 is 23.9 Å². The van der Waals surface area contributed by atoms with Crippen LogP contribution < -0.4 is 15.4 Å². The summed E-state index contributed by atoms with van der Waals surface area (Å²) in [6.07, 6.45) is -1.13. The Morgan fingerprint density at radius 1 is 0.964 bits per heavy atom. The van der Waals surface area contributed by atoms with Crippen LogP contribution in [-0.2, 0) is 16.1 Å². The second kappa shape index (κ2) is 10.1. The zero-order chi connectivity index (χ0) is 20.5. The van der Waals surface area contributed by atoms with Gasteiger partial charge in [-0.1, -0.05) is 36.4 Å². The van der Waals surface area contributed by atoms with Gasteiger partial charge in [-0.05, 0) is 44.5 Å². The van der Waals surface area contributed by atoms with E-state index in [1.807, 2.05) is 30.3 Å². The third kappa shape index (κ3) is 6.75. The monoisotopic (exact) mass is 384 g/mol. The zero-order valence-corrected chi connectivity index (χ0v) is 16.1. The molecule has 0 aromatic heterocycles. The summed E-state index contributed by atoms with van der Waals surface area (Å²) in [5.41, 5.74) is 1.25. The van der Waals surface area contributed by atoms with Crippen LogP contribution in [0.4, 0.5) is 4.79 Å². The molecular formula is C21H24N2O5. The first-order valence-corrected chi connectivity index (χ1v) is 8.94. The van der Waals surface area contributed by atoms with Gasteiger partial charge >= 0.3 is 12.0 Å². The van der Waals surface area contributed by atoms with Gasteiger partial charge in [-0.2, -0.15) is 0 Å². The normalized spacial score (nSPS) is 11.4. The smallest absolute Gasteiger partial charge is 0.339 e. The van der Waals surface area contributed by atoms with Gasteiger partial charge in [-0.3, -0.25) is 10.1 Å². The van der Waals surface area contributed by atoms with E-state index >= 15 is 0 Å². The molecular weight excluding hydrogens is 360 g/mol. The average Bonchev–Trinajstić information content (AvgIpc) is 2.66. The van der Waals surface area contributed by atoms with Crippen LogP contribution in [0.15, 0.2) is 54.6 Å². The molecule has 2 aromatic rings. The van der Waals surface area contributed by atoms with Crippen LogP contribution in [0.3, 0.4) is 0 Å². The number of imide groups is 1. The van der Waals surface area contributed by atoms with Crippen molar-refractivity contribution in [1.29, 1.82) is 0 Å². The maximum Gasteiger partial charge on any atom is 0.339 e. The van der Waals surface area contributed by atoms with E-state index in [0.29, 0.717) is 12.4 Å². The standard InChI is InChI=1S/C21H24N2O5/c1-14(2)22-21(26)23-19(24)15(3)28-20(25)17-10-7-11-18(12-17)27-13-16-8-5-4-6-9-16/h4-12,14-15H,13H2,1-3H3,(H2,22,23,24,26)/t15-/m0/s1. The molecule has 0 saturated carbocycles. The van der Waals surface area contributed by atoms with E-state index in [2.05, 4.69) is 10.6 Å². The summed E-state index contributed by atoms with van der Waals surface area (Å²) in [6.45, 7) is 5.29. The lowest BCUT2D eigenvalue weighted by Gasteiger charge is -2.14. The van der Waals surface area contributed by atoms with Crippen LogP contribution in [0.5, 0.6) is 5.75 Å². The molecule has 7 nitrogen and oxygen atoms in total. The highest BCUT2D eigenvalue weighted by molar-refractivity contribution is 5.98. The number of hydrogen-bond donors (Lipinski definition) is 2. The van der Waals surface area contributed by atoms with Crippen molar-refractivity contribution in [1.82, 2.24) is 10.6 Å². The number of carbonyl (C=O) groups excluding carboxylic acids is 3. The van der Waals surface area contributed by atoms with E-state index in [1.165, 1.54) is 6.92 Å². The van der Waals surface area contributed by atoms with Gasteiger partial charge in [0.2, 0.25) is 0 Å². The fourth-order valence-corrected chi connectivity index (χ4v) is 2.25. The molecule has 0 heterocycles. The molecule has 1 atom stereocenters. The van der Waals surface area contributed by atoms with Gasteiger partial charge in [0.15, 0.2) is 6.10 Å². The molecule has 0 aliphatic heterocycles. The van der Waals surface area contributed by atoms with Crippen LogP contribution in [0.25, 0.3) is 0 Å². The van der Waals surface area contributed by atoms with Crippen molar-refractivity contribution >= 4 is 17.9 Å². The first-order chi connectivity index (χ1) is 13.3. The highest BCUT2D eigenvalue weighted by Crippen LogP contribution is 2.16. The molecule has 2 N–H and O–H groups in total. The van der Waals surface area contributed by atoms with Gasteiger partial charge in [0, 0.05) is 6.04 Å². The molecule has 0 saturated heterocycles. The SMILES string of the molecule is CC(C)NC(=O)NC(=O)[C@H](C)OC(=O)c1cccc(OCc2ccccc2)c1. The van der Waals surface area contributed by atoms with Crippen LogP contribution in [0.2, 0.25) is 0 Å². The minimum Gasteiger partial charge on any atom is -0.489 e. The molecule has 0 aliphatic rings. The van der Waals surface area contributed by atoms with Gasteiger partial charge < -0.3 is 14.8 Å². The summed E-state index contributed by atoms with van der Waals surface area (Å²) >= 11 is 0. The van der Waals surface area contributed by atoms with Gasteiger partial charge in [0.25, 0.3) is 5.91 Å². The minimum absolute atomic E-state index is 0.121. The summed E-state index contributed by atoms with van der Waals surface area (Å²) in [4.78, 5) is 35.8. The van der Waals surface area contributed by atoms with Gasteiger partial charge in [-0.25, -0.2) is 9.59 Å². The minimum atomic E-state index is -1.13. The van der Waals surface area contributed by atoms with E-state index < -0.39 is 24.0 Å². The molecule has 0 radical (unpaired) electrons. The maximum absolute atomic E-state index is 12.3. The Kier molecular flexibility index (Phi) is 7.56. The third-order valence-corrected chi connectivity index (χ3v) is 3.63. The molecule has 28 heavy (non-hydrogen) atoms. The topological polar surface area (TPSA) is 93.7 Å². The van der Waals surface area contributed by atoms with Crippen molar-refractivity contribution in [2.24, 2.45) is 0 Å². The number of esters is 1. The lowest BCUT2D eigenvalue weighted by Crippen LogP contribution is -2.46. The van der Waals surface area contributed by atoms with Crippen LogP contribution in [-0.4, -0.2) is 30.1 Å². The quantitative estimate of drug-likeness (QED) is 0.716. The Bertz CT molecular complexity index is 821. The first kappa shape index (κ1) is 21.0. The fourth-order valence-electron chi connectivity index (χ4n) is 2.25. The lowest BCUT2D eigenvalue weighted by molar-refractivity contribution is -0.127. The second-order valence-electron chi connectivity index (χ2n) is 6.47. The molecule has 0 fully saturated rings. The number of rotatable bonds is 7. The van der Waals surface area contributed by atoms with E-state index in [4.69, 9.17) is 9.47 Å². The fraction of sp³-hybridized carbons (Fsp3) is 0.286. The Balaban J connectivity index is 1.91. The second-order valence-corrected chi connectivity index (χ2v) is 6.47. The van der Waals surface area contributed by atoms with Crippen molar-refractivity contribution in [2.75, 3.05) is 0 Å². The Hall–Kier alpha value is -3.35. The molecule has 3 amide bonds. The number of amides is 3.